The minimum atomic E-state index is -0.669. The number of methoxy groups -OCH3 is 1. The quantitative estimate of drug-likeness (QED) is 0.305. The predicted molar refractivity (Wildman–Crippen MR) is 131 cm³/mol. The van der Waals surface area contributed by atoms with Gasteiger partial charge in [-0.25, -0.2) is 0 Å². The first-order valence-corrected chi connectivity index (χ1v) is 10.0. The van der Waals surface area contributed by atoms with Crippen molar-refractivity contribution < 1.29 is 14.9 Å². The summed E-state index contributed by atoms with van der Waals surface area (Å²) < 4.78 is 5.16. The maximum Gasteiger partial charge on any atom is 0.194 e. The Kier molecular flexibility index (Phi) is 9.51. The molecule has 0 aromatic heterocycles. The predicted octanol–water partition coefficient (Wildman–Crippen LogP) is 2.84. The Morgan fingerprint density at radius 1 is 1.10 bits per heavy atom. The first-order valence-electron chi connectivity index (χ1n) is 10.0. The number of halogens is 1. The van der Waals surface area contributed by atoms with Gasteiger partial charge in [-0.2, -0.15) is 0 Å². The van der Waals surface area contributed by atoms with E-state index < -0.39 is 6.10 Å². The highest BCUT2D eigenvalue weighted by Crippen LogP contribution is 2.27. The molecule has 164 valence electrons. The van der Waals surface area contributed by atoms with Crippen LogP contribution < -0.4 is 15.0 Å². The first-order chi connectivity index (χ1) is 14.1. The van der Waals surface area contributed by atoms with Gasteiger partial charge in [-0.3, -0.25) is 4.99 Å². The van der Waals surface area contributed by atoms with Crippen molar-refractivity contribution in [3.8, 4) is 11.5 Å². The van der Waals surface area contributed by atoms with Crippen molar-refractivity contribution in [2.75, 3.05) is 51.3 Å². The number of para-hydroxylation sites is 2. The lowest BCUT2D eigenvalue weighted by atomic mass is 10.1. The number of hydrogen-bond acceptors (Lipinski definition) is 5. The van der Waals surface area contributed by atoms with E-state index in [1.165, 1.54) is 0 Å². The SMILES string of the molecule is CCNC(=NCC(O)c1ccc(OC)cc1)N1CCN(c2ccccc2O)CC1.I. The number of rotatable bonds is 6. The molecule has 0 saturated carbocycles. The summed E-state index contributed by atoms with van der Waals surface area (Å²) in [5.41, 5.74) is 1.68. The molecule has 1 aliphatic rings. The number of aliphatic hydroxyl groups is 1. The van der Waals surface area contributed by atoms with Crippen LogP contribution in [0.25, 0.3) is 0 Å². The van der Waals surface area contributed by atoms with Gasteiger partial charge < -0.3 is 30.1 Å². The van der Waals surface area contributed by atoms with E-state index in [1.54, 1.807) is 13.2 Å². The van der Waals surface area contributed by atoms with Gasteiger partial charge in [0, 0.05) is 32.7 Å². The lowest BCUT2D eigenvalue weighted by molar-refractivity contribution is 0.186. The van der Waals surface area contributed by atoms with Crippen molar-refractivity contribution in [1.82, 2.24) is 10.2 Å². The topological polar surface area (TPSA) is 80.6 Å². The van der Waals surface area contributed by atoms with Crippen LogP contribution in [0.15, 0.2) is 53.5 Å². The van der Waals surface area contributed by atoms with Crippen LogP contribution in [0.1, 0.15) is 18.6 Å². The number of benzene rings is 2. The van der Waals surface area contributed by atoms with Crippen LogP contribution >= 0.6 is 24.0 Å². The molecule has 1 saturated heterocycles. The number of ether oxygens (including phenoxy) is 1. The molecular weight excluding hydrogens is 495 g/mol. The molecule has 0 aliphatic carbocycles. The molecule has 1 fully saturated rings. The second-order valence-corrected chi connectivity index (χ2v) is 6.95. The van der Waals surface area contributed by atoms with Crippen molar-refractivity contribution in [1.29, 1.82) is 0 Å². The maximum atomic E-state index is 10.5. The van der Waals surface area contributed by atoms with Crippen molar-refractivity contribution in [3.63, 3.8) is 0 Å². The van der Waals surface area contributed by atoms with Gasteiger partial charge in [0.25, 0.3) is 0 Å². The van der Waals surface area contributed by atoms with Crippen LogP contribution in [0.5, 0.6) is 11.5 Å². The molecule has 1 unspecified atom stereocenters. The Hall–Kier alpha value is -2.20. The maximum absolute atomic E-state index is 10.5. The number of nitrogens with zero attached hydrogens (tertiary/aromatic N) is 3. The fourth-order valence-electron chi connectivity index (χ4n) is 3.42. The zero-order valence-electron chi connectivity index (χ0n) is 17.5. The van der Waals surface area contributed by atoms with Gasteiger partial charge in [-0.15, -0.1) is 24.0 Å². The van der Waals surface area contributed by atoms with Gasteiger partial charge in [-0.05, 0) is 36.8 Å². The summed E-state index contributed by atoms with van der Waals surface area (Å²) in [5, 5.41) is 23.9. The number of nitrogens with one attached hydrogen (secondary N) is 1. The van der Waals surface area contributed by atoms with E-state index in [2.05, 4.69) is 20.1 Å². The van der Waals surface area contributed by atoms with Crippen molar-refractivity contribution in [2.45, 2.75) is 13.0 Å². The van der Waals surface area contributed by atoms with E-state index in [0.29, 0.717) is 5.75 Å². The Labute approximate surface area is 195 Å². The number of piperazine rings is 1. The molecular formula is C22H31IN4O3. The average molecular weight is 526 g/mol. The molecule has 1 heterocycles. The Bertz CT molecular complexity index is 808. The summed E-state index contributed by atoms with van der Waals surface area (Å²) in [6.45, 7) is 6.25. The molecule has 0 bridgehead atoms. The Morgan fingerprint density at radius 2 is 1.77 bits per heavy atom. The normalized spacial score (nSPS) is 15.4. The number of phenols is 1. The molecule has 0 radical (unpaired) electrons. The number of anilines is 1. The third kappa shape index (κ3) is 6.15. The molecule has 1 atom stereocenters. The Morgan fingerprint density at radius 3 is 2.37 bits per heavy atom. The number of aromatic hydroxyl groups is 1. The summed E-state index contributed by atoms with van der Waals surface area (Å²) in [6.07, 6.45) is -0.669. The molecule has 1 aliphatic heterocycles. The number of aliphatic imine (C=N–C) groups is 1. The van der Waals surface area contributed by atoms with E-state index in [1.807, 2.05) is 49.4 Å². The van der Waals surface area contributed by atoms with E-state index in [9.17, 15) is 10.2 Å². The summed E-state index contributed by atoms with van der Waals surface area (Å²) >= 11 is 0. The molecule has 8 heteroatoms. The van der Waals surface area contributed by atoms with Crippen LogP contribution in [0.2, 0.25) is 0 Å². The number of phenolic OH excluding ortho intramolecular Hbond substituents is 1. The molecule has 2 aromatic rings. The van der Waals surface area contributed by atoms with Crippen molar-refractivity contribution in [3.05, 3.63) is 54.1 Å². The van der Waals surface area contributed by atoms with Gasteiger partial charge >= 0.3 is 0 Å². The highest BCUT2D eigenvalue weighted by molar-refractivity contribution is 14.0. The minimum absolute atomic E-state index is 0. The molecule has 2 aromatic carbocycles. The van der Waals surface area contributed by atoms with E-state index in [-0.39, 0.29) is 30.5 Å². The van der Waals surface area contributed by atoms with Gasteiger partial charge in [-0.1, -0.05) is 24.3 Å². The highest BCUT2D eigenvalue weighted by atomic mass is 127. The third-order valence-electron chi connectivity index (χ3n) is 5.05. The van der Waals surface area contributed by atoms with Crippen LogP contribution in [-0.2, 0) is 0 Å². The smallest absolute Gasteiger partial charge is 0.194 e. The Balaban J connectivity index is 0.00000320. The lowest BCUT2D eigenvalue weighted by Crippen LogP contribution is -2.52. The van der Waals surface area contributed by atoms with E-state index in [4.69, 9.17) is 4.74 Å². The minimum Gasteiger partial charge on any atom is -0.506 e. The third-order valence-corrected chi connectivity index (χ3v) is 5.05. The average Bonchev–Trinajstić information content (AvgIpc) is 2.77. The second-order valence-electron chi connectivity index (χ2n) is 6.95. The van der Waals surface area contributed by atoms with Gasteiger partial charge in [0.05, 0.1) is 25.4 Å². The zero-order chi connectivity index (χ0) is 20.6. The van der Waals surface area contributed by atoms with Crippen molar-refractivity contribution in [2.24, 2.45) is 4.99 Å². The van der Waals surface area contributed by atoms with Crippen LogP contribution in [-0.4, -0.2) is 67.5 Å². The summed E-state index contributed by atoms with van der Waals surface area (Å²) in [5.74, 6) is 1.88. The number of hydrogen-bond donors (Lipinski definition) is 3. The standard InChI is InChI=1S/C22H30N4O3.HI/c1-3-23-22(24-16-21(28)17-8-10-18(29-2)11-9-17)26-14-12-25(13-15-26)19-6-4-5-7-20(19)27;/h4-11,21,27-28H,3,12-16H2,1-2H3,(H,23,24);1H. The molecule has 30 heavy (non-hydrogen) atoms. The molecule has 7 nitrogen and oxygen atoms in total. The number of guanidine groups is 1. The van der Waals surface area contributed by atoms with E-state index in [0.717, 1.165) is 55.7 Å². The van der Waals surface area contributed by atoms with E-state index >= 15 is 0 Å². The molecule has 0 spiro atoms. The van der Waals surface area contributed by atoms with Gasteiger partial charge in [0.2, 0.25) is 0 Å². The lowest BCUT2D eigenvalue weighted by Gasteiger charge is -2.38. The number of aliphatic hydroxyl groups excluding tert-OH is 1. The molecule has 3 rings (SSSR count). The van der Waals surface area contributed by atoms with Crippen LogP contribution in [0.4, 0.5) is 5.69 Å². The van der Waals surface area contributed by atoms with Gasteiger partial charge in [0.15, 0.2) is 5.96 Å². The van der Waals surface area contributed by atoms with Crippen LogP contribution in [0, 0.1) is 0 Å². The second kappa shape index (κ2) is 11.8. The summed E-state index contributed by atoms with van der Waals surface area (Å²) in [7, 11) is 1.62. The van der Waals surface area contributed by atoms with Crippen LogP contribution in [0.3, 0.4) is 0 Å². The van der Waals surface area contributed by atoms with Gasteiger partial charge in [0.1, 0.15) is 11.5 Å². The molecule has 3 N–H and O–H groups in total. The fourth-order valence-corrected chi connectivity index (χ4v) is 3.42. The summed E-state index contributed by atoms with van der Waals surface area (Å²) in [6, 6.07) is 14.8. The zero-order valence-corrected chi connectivity index (χ0v) is 19.8. The highest BCUT2D eigenvalue weighted by Gasteiger charge is 2.21. The largest absolute Gasteiger partial charge is 0.506 e. The van der Waals surface area contributed by atoms with Crippen molar-refractivity contribution >= 4 is 35.6 Å². The fraction of sp³-hybridized carbons (Fsp3) is 0.409. The summed E-state index contributed by atoms with van der Waals surface area (Å²) in [4.78, 5) is 9.03. The monoisotopic (exact) mass is 526 g/mol. The first kappa shape index (κ1) is 24.1. The molecule has 0 amide bonds.